The van der Waals surface area contributed by atoms with Crippen molar-refractivity contribution in [1.29, 1.82) is 0 Å². The van der Waals surface area contributed by atoms with Gasteiger partial charge in [0.2, 0.25) is 5.91 Å². The Hall–Kier alpha value is -2.91. The van der Waals surface area contributed by atoms with Gasteiger partial charge < -0.3 is 26.2 Å². The maximum Gasteiger partial charge on any atom is 0.274 e. The molecule has 0 spiro atoms. The summed E-state index contributed by atoms with van der Waals surface area (Å²) in [6.45, 7) is 9.71. The molecule has 0 saturated carbocycles. The van der Waals surface area contributed by atoms with Gasteiger partial charge in [0.15, 0.2) is 22.5 Å². The van der Waals surface area contributed by atoms with Crippen molar-refractivity contribution in [1.82, 2.24) is 20.6 Å². The van der Waals surface area contributed by atoms with Crippen molar-refractivity contribution in [2.45, 2.75) is 20.3 Å². The first-order valence-electron chi connectivity index (χ1n) is 9.95. The number of nitrogens with one attached hydrogen (secondary N) is 3. The van der Waals surface area contributed by atoms with Gasteiger partial charge in [-0.2, -0.15) is 0 Å². The monoisotopic (exact) mass is 466 g/mol. The summed E-state index contributed by atoms with van der Waals surface area (Å²) in [5.41, 5.74) is 6.69. The zero-order chi connectivity index (χ0) is 23.4. The number of quaternary nitrogens is 1. The number of likely N-dealkylation sites (N-methyl/N-ethyl adjacent to an activating group) is 1. The lowest BCUT2D eigenvalue weighted by molar-refractivity contribution is -0.887. The minimum Gasteiger partial charge on any atom is -0.381 e. The molecule has 0 unspecified atom stereocenters. The number of allylic oxidation sites excluding steroid dienone is 4. The predicted octanol–water partition coefficient (Wildman–Crippen LogP) is 2.39. The van der Waals surface area contributed by atoms with E-state index in [4.69, 9.17) is 17.3 Å². The Morgan fingerprint density at radius 3 is 2.31 bits per heavy atom. The summed E-state index contributed by atoms with van der Waals surface area (Å²) in [4.78, 5) is 32.5. The van der Waals surface area contributed by atoms with E-state index in [0.717, 1.165) is 5.57 Å². The highest BCUT2D eigenvalue weighted by molar-refractivity contribution is 6.31. The molecule has 10 heteroatoms. The largest absolute Gasteiger partial charge is 0.381 e. The van der Waals surface area contributed by atoms with Gasteiger partial charge in [-0.25, -0.2) is 9.97 Å². The minimum atomic E-state index is -0.391. The molecule has 0 bridgehead atoms. The number of aromatic nitrogens is 2. The SMILES string of the molecule is C.C=C/C=C(\C=C)CCC(=O)NCC[N+](C)(C)CCNC(=O)c1nc(Cl)c(N)nc1NC. The van der Waals surface area contributed by atoms with Crippen molar-refractivity contribution in [2.24, 2.45) is 0 Å². The second-order valence-electron chi connectivity index (χ2n) is 7.52. The van der Waals surface area contributed by atoms with Crippen LogP contribution in [0.15, 0.2) is 37.0 Å². The zero-order valence-corrected chi connectivity index (χ0v) is 19.3. The first-order valence-corrected chi connectivity index (χ1v) is 10.3. The summed E-state index contributed by atoms with van der Waals surface area (Å²) in [6, 6.07) is 0. The fourth-order valence-electron chi connectivity index (χ4n) is 2.68. The molecule has 1 heterocycles. The molecule has 0 aliphatic rings. The van der Waals surface area contributed by atoms with Gasteiger partial charge in [-0.15, -0.1) is 0 Å². The van der Waals surface area contributed by atoms with Gasteiger partial charge in [0, 0.05) is 13.5 Å². The van der Waals surface area contributed by atoms with Crippen molar-refractivity contribution < 1.29 is 14.1 Å². The van der Waals surface area contributed by atoms with Gasteiger partial charge >= 0.3 is 0 Å². The Kier molecular flexibility index (Phi) is 12.9. The van der Waals surface area contributed by atoms with Crippen LogP contribution in [0.4, 0.5) is 11.6 Å². The summed E-state index contributed by atoms with van der Waals surface area (Å²) in [5, 5.41) is 8.52. The van der Waals surface area contributed by atoms with Gasteiger partial charge in [0.25, 0.3) is 5.91 Å². The molecule has 0 aromatic carbocycles. The van der Waals surface area contributed by atoms with Gasteiger partial charge in [-0.1, -0.05) is 50.4 Å². The summed E-state index contributed by atoms with van der Waals surface area (Å²) in [7, 11) is 5.68. The fraction of sp³-hybridized carbons (Fsp3) is 0.455. The third-order valence-electron chi connectivity index (χ3n) is 4.61. The molecule has 9 nitrogen and oxygen atoms in total. The molecule has 1 aromatic rings. The molecule has 0 saturated heterocycles. The summed E-state index contributed by atoms with van der Waals surface area (Å²) in [6.07, 6.45) is 6.28. The average molecular weight is 467 g/mol. The first-order chi connectivity index (χ1) is 14.6. The lowest BCUT2D eigenvalue weighted by atomic mass is 10.1. The normalized spacial score (nSPS) is 11.2. The Morgan fingerprint density at radius 1 is 1.12 bits per heavy atom. The molecule has 1 rings (SSSR count). The van der Waals surface area contributed by atoms with E-state index in [2.05, 4.69) is 39.1 Å². The number of amides is 2. The van der Waals surface area contributed by atoms with E-state index in [1.165, 1.54) is 0 Å². The van der Waals surface area contributed by atoms with Crippen LogP contribution in [0, 0.1) is 0 Å². The summed E-state index contributed by atoms with van der Waals surface area (Å²) < 4.78 is 0.613. The molecule has 32 heavy (non-hydrogen) atoms. The Morgan fingerprint density at radius 2 is 1.75 bits per heavy atom. The lowest BCUT2D eigenvalue weighted by Crippen LogP contribution is -2.49. The van der Waals surface area contributed by atoms with Crippen LogP contribution >= 0.6 is 11.6 Å². The van der Waals surface area contributed by atoms with E-state index in [0.29, 0.717) is 43.5 Å². The summed E-state index contributed by atoms with van der Waals surface area (Å²) >= 11 is 5.88. The van der Waals surface area contributed by atoms with E-state index in [-0.39, 0.29) is 35.8 Å². The van der Waals surface area contributed by atoms with Gasteiger partial charge in [0.1, 0.15) is 0 Å². The van der Waals surface area contributed by atoms with E-state index in [1.54, 1.807) is 19.2 Å². The number of carbonyl (C=O) groups is 2. The Labute approximate surface area is 196 Å². The van der Waals surface area contributed by atoms with E-state index >= 15 is 0 Å². The number of hydrogen-bond donors (Lipinski definition) is 4. The Bertz CT molecular complexity index is 838. The average Bonchev–Trinajstić information content (AvgIpc) is 2.72. The maximum atomic E-state index is 12.4. The third-order valence-corrected chi connectivity index (χ3v) is 4.88. The summed E-state index contributed by atoms with van der Waals surface area (Å²) in [5.74, 6) is -0.0839. The molecule has 0 atom stereocenters. The van der Waals surface area contributed by atoms with Crippen LogP contribution in [-0.2, 0) is 4.79 Å². The molecule has 0 fully saturated rings. The Balaban J connectivity index is 0.00000961. The number of carbonyl (C=O) groups excluding carboxylic acids is 2. The number of halogens is 1. The second kappa shape index (κ2) is 14.2. The molecule has 0 aliphatic carbocycles. The second-order valence-corrected chi connectivity index (χ2v) is 7.88. The van der Waals surface area contributed by atoms with E-state index in [9.17, 15) is 9.59 Å². The van der Waals surface area contributed by atoms with Crippen molar-refractivity contribution >= 4 is 35.1 Å². The molecule has 0 radical (unpaired) electrons. The molecule has 0 aliphatic heterocycles. The van der Waals surface area contributed by atoms with Crippen molar-refractivity contribution in [2.75, 3.05) is 58.4 Å². The number of nitrogens with zero attached hydrogens (tertiary/aromatic N) is 3. The maximum absolute atomic E-state index is 12.4. The molecule has 178 valence electrons. The molecular formula is C22H37ClN7O2+. The van der Waals surface area contributed by atoms with Crippen LogP contribution in [-0.4, -0.2) is 73.6 Å². The highest BCUT2D eigenvalue weighted by Gasteiger charge is 2.19. The number of hydrogen-bond acceptors (Lipinski definition) is 6. The molecule has 1 aromatic heterocycles. The molecule has 2 amide bonds. The molecular weight excluding hydrogens is 430 g/mol. The van der Waals surface area contributed by atoms with E-state index in [1.807, 2.05) is 20.2 Å². The number of nitrogen functional groups attached to an aromatic ring is 1. The van der Waals surface area contributed by atoms with Crippen LogP contribution in [0.3, 0.4) is 0 Å². The standard InChI is InChI=1S/C21H32ClN7O2.CH4/c1-6-8-15(7-2)9-10-16(30)25-11-13-29(4,5)14-12-26-21(31)17-20(24-3)28-19(23)18(22)27-17;/h6-8H,1-2,9-14H2,3-5H3,(H4-,23,24,25,26,28,30,31);1H4/p+1/b15-8+;. The van der Waals surface area contributed by atoms with Crippen LogP contribution in [0.1, 0.15) is 30.8 Å². The topological polar surface area (TPSA) is 122 Å². The quantitative estimate of drug-likeness (QED) is 0.261. The van der Waals surface area contributed by atoms with Crippen LogP contribution in [0.25, 0.3) is 0 Å². The predicted molar refractivity (Wildman–Crippen MR) is 133 cm³/mol. The van der Waals surface area contributed by atoms with E-state index < -0.39 is 5.91 Å². The molecule has 5 N–H and O–H groups in total. The van der Waals surface area contributed by atoms with Crippen LogP contribution in [0.5, 0.6) is 0 Å². The zero-order valence-electron chi connectivity index (χ0n) is 18.5. The number of nitrogens with two attached hydrogens (primary N) is 1. The number of rotatable bonds is 13. The lowest BCUT2D eigenvalue weighted by Gasteiger charge is -2.30. The number of anilines is 2. The van der Waals surface area contributed by atoms with Crippen molar-refractivity contribution in [3.8, 4) is 0 Å². The fourth-order valence-corrected chi connectivity index (χ4v) is 2.80. The van der Waals surface area contributed by atoms with Gasteiger partial charge in [-0.3, -0.25) is 9.59 Å². The van der Waals surface area contributed by atoms with Crippen molar-refractivity contribution in [3.05, 3.63) is 47.8 Å². The first kappa shape index (κ1) is 29.1. The smallest absolute Gasteiger partial charge is 0.274 e. The highest BCUT2D eigenvalue weighted by Crippen LogP contribution is 2.19. The highest BCUT2D eigenvalue weighted by atomic mass is 35.5. The third kappa shape index (κ3) is 9.93. The van der Waals surface area contributed by atoms with Gasteiger partial charge in [0.05, 0.1) is 40.3 Å². The van der Waals surface area contributed by atoms with Crippen molar-refractivity contribution in [3.63, 3.8) is 0 Å². The minimum absolute atomic E-state index is 0. The van der Waals surface area contributed by atoms with Gasteiger partial charge in [-0.05, 0) is 12.0 Å². The van der Waals surface area contributed by atoms with Crippen LogP contribution < -0.4 is 21.7 Å². The van der Waals surface area contributed by atoms with Crippen LogP contribution in [0.2, 0.25) is 5.15 Å².